The van der Waals surface area contributed by atoms with Gasteiger partial charge in [0.1, 0.15) is 12.5 Å². The largest absolute Gasteiger partial charge is 0.350 e. The zero-order valence-corrected chi connectivity index (χ0v) is 28.0. The highest BCUT2D eigenvalue weighted by Crippen LogP contribution is 2.22. The summed E-state index contributed by atoms with van der Waals surface area (Å²) < 4.78 is 12.7. The van der Waals surface area contributed by atoms with Crippen LogP contribution in [0.5, 0.6) is 0 Å². The summed E-state index contributed by atoms with van der Waals surface area (Å²) in [6.45, 7) is 4.91. The maximum absolute atomic E-state index is 13.3. The Morgan fingerprint density at radius 2 is 1.76 bits per heavy atom. The van der Waals surface area contributed by atoms with E-state index in [1.807, 2.05) is 30.3 Å². The van der Waals surface area contributed by atoms with Crippen LogP contribution >= 0.6 is 0 Å². The SMILES string of the molecule is C#C/C=C(/NC(=O)[C@@H](CC(=O)N(C)CCN(C)CF)Cc1ccccc1)C(=O)NCC(CCC)CCC#C.CC1CCCCC1. The number of likely N-dealkylation sites (N-methyl/N-ethyl adjacent to an activating group) is 2. The van der Waals surface area contributed by atoms with Crippen LogP contribution in [-0.2, 0) is 20.8 Å². The number of amides is 3. The summed E-state index contributed by atoms with van der Waals surface area (Å²) in [5, 5.41) is 5.50. The molecule has 0 spiro atoms. The number of alkyl halides is 1. The number of hydrogen-bond acceptors (Lipinski definition) is 4. The van der Waals surface area contributed by atoms with Gasteiger partial charge >= 0.3 is 0 Å². The average molecular weight is 623 g/mol. The molecule has 1 aromatic carbocycles. The summed E-state index contributed by atoms with van der Waals surface area (Å²) in [6.07, 6.45) is 23.0. The maximum atomic E-state index is 13.3. The second-order valence-corrected chi connectivity index (χ2v) is 12.2. The lowest BCUT2D eigenvalue weighted by atomic mass is 9.91. The van der Waals surface area contributed by atoms with Crippen LogP contribution in [0.15, 0.2) is 42.1 Å². The third kappa shape index (κ3) is 17.5. The number of allylic oxidation sites excluding steroid dienone is 1. The third-order valence-electron chi connectivity index (χ3n) is 8.13. The monoisotopic (exact) mass is 622 g/mol. The Bertz CT molecular complexity index is 1120. The van der Waals surface area contributed by atoms with Crippen molar-refractivity contribution in [1.82, 2.24) is 20.4 Å². The van der Waals surface area contributed by atoms with Crippen LogP contribution in [0.4, 0.5) is 4.39 Å². The highest BCUT2D eigenvalue weighted by molar-refractivity contribution is 5.99. The predicted molar refractivity (Wildman–Crippen MR) is 181 cm³/mol. The van der Waals surface area contributed by atoms with Crippen molar-refractivity contribution in [2.24, 2.45) is 17.8 Å². The predicted octanol–water partition coefficient (Wildman–Crippen LogP) is 5.72. The van der Waals surface area contributed by atoms with Gasteiger partial charge in [0, 0.05) is 45.6 Å². The lowest BCUT2D eigenvalue weighted by Gasteiger charge is -2.23. The Balaban J connectivity index is 0.00000126. The topological polar surface area (TPSA) is 81.8 Å². The van der Waals surface area contributed by atoms with Gasteiger partial charge < -0.3 is 15.5 Å². The van der Waals surface area contributed by atoms with Gasteiger partial charge in [-0.15, -0.1) is 18.8 Å². The number of carbonyl (C=O) groups is 3. The number of terminal acetylenes is 2. The van der Waals surface area contributed by atoms with Crippen LogP contribution in [0.1, 0.15) is 83.6 Å². The van der Waals surface area contributed by atoms with Crippen LogP contribution in [-0.4, -0.2) is 68.0 Å². The summed E-state index contributed by atoms with van der Waals surface area (Å²) in [5.41, 5.74) is 0.830. The number of benzene rings is 1. The average Bonchev–Trinajstić information content (AvgIpc) is 3.05. The van der Waals surface area contributed by atoms with Gasteiger partial charge in [0.15, 0.2) is 0 Å². The molecule has 0 radical (unpaired) electrons. The van der Waals surface area contributed by atoms with E-state index in [0.29, 0.717) is 32.5 Å². The lowest BCUT2D eigenvalue weighted by Crippen LogP contribution is -2.42. The van der Waals surface area contributed by atoms with E-state index in [1.54, 1.807) is 14.1 Å². The Morgan fingerprint density at radius 1 is 1.07 bits per heavy atom. The highest BCUT2D eigenvalue weighted by Gasteiger charge is 2.26. The van der Waals surface area contributed by atoms with E-state index in [2.05, 4.69) is 36.3 Å². The van der Waals surface area contributed by atoms with Crippen molar-refractivity contribution >= 4 is 17.7 Å². The Hall–Kier alpha value is -3.62. The molecule has 0 saturated heterocycles. The first-order chi connectivity index (χ1) is 21.6. The van der Waals surface area contributed by atoms with Crippen molar-refractivity contribution in [1.29, 1.82) is 0 Å². The van der Waals surface area contributed by atoms with Crippen molar-refractivity contribution in [3.63, 3.8) is 0 Å². The number of rotatable bonds is 17. The molecule has 248 valence electrons. The van der Waals surface area contributed by atoms with Crippen molar-refractivity contribution < 1.29 is 18.8 Å². The fourth-order valence-electron chi connectivity index (χ4n) is 5.19. The number of nitrogens with zero attached hydrogens (tertiary/aromatic N) is 2. The summed E-state index contributed by atoms with van der Waals surface area (Å²) in [4.78, 5) is 42.1. The van der Waals surface area contributed by atoms with E-state index in [1.165, 1.54) is 48.0 Å². The van der Waals surface area contributed by atoms with E-state index in [9.17, 15) is 18.8 Å². The van der Waals surface area contributed by atoms with Crippen molar-refractivity contribution in [2.75, 3.05) is 40.5 Å². The molecule has 1 aromatic rings. The van der Waals surface area contributed by atoms with Crippen molar-refractivity contribution in [3.05, 3.63) is 47.7 Å². The molecule has 1 saturated carbocycles. The molecule has 1 unspecified atom stereocenters. The number of carbonyl (C=O) groups excluding carboxylic acids is 3. The molecule has 1 aliphatic carbocycles. The van der Waals surface area contributed by atoms with E-state index in [4.69, 9.17) is 12.8 Å². The van der Waals surface area contributed by atoms with Crippen LogP contribution in [0.3, 0.4) is 0 Å². The fourth-order valence-corrected chi connectivity index (χ4v) is 5.19. The number of hydrogen-bond donors (Lipinski definition) is 2. The van der Waals surface area contributed by atoms with Crippen LogP contribution in [0.2, 0.25) is 0 Å². The Kier molecular flexibility index (Phi) is 20.8. The van der Waals surface area contributed by atoms with E-state index in [-0.39, 0.29) is 23.9 Å². The number of halogens is 1. The minimum atomic E-state index is -0.747. The van der Waals surface area contributed by atoms with E-state index in [0.717, 1.165) is 30.7 Å². The molecule has 0 aliphatic heterocycles. The smallest absolute Gasteiger partial charge is 0.268 e. The second-order valence-electron chi connectivity index (χ2n) is 12.2. The van der Waals surface area contributed by atoms with Crippen LogP contribution in [0, 0.1) is 42.4 Å². The van der Waals surface area contributed by atoms with Gasteiger partial charge in [-0.2, -0.15) is 0 Å². The summed E-state index contributed by atoms with van der Waals surface area (Å²) in [6, 6.07) is 9.33. The van der Waals surface area contributed by atoms with Gasteiger partial charge in [-0.05, 0) is 43.7 Å². The lowest BCUT2D eigenvalue weighted by molar-refractivity contribution is -0.135. The van der Waals surface area contributed by atoms with Gasteiger partial charge in [-0.3, -0.25) is 19.3 Å². The molecular formula is C37H55FN4O3. The van der Waals surface area contributed by atoms with Crippen LogP contribution < -0.4 is 10.6 Å². The second kappa shape index (κ2) is 23.7. The zero-order chi connectivity index (χ0) is 33.5. The first kappa shape index (κ1) is 39.4. The fraction of sp³-hybridized carbons (Fsp3) is 0.595. The van der Waals surface area contributed by atoms with Crippen molar-refractivity contribution in [3.8, 4) is 24.7 Å². The van der Waals surface area contributed by atoms with Gasteiger partial charge in [0.05, 0.1) is 5.92 Å². The molecule has 2 atom stereocenters. The molecule has 1 fully saturated rings. The first-order valence-corrected chi connectivity index (χ1v) is 16.4. The quantitative estimate of drug-likeness (QED) is 0.132. The molecule has 45 heavy (non-hydrogen) atoms. The van der Waals surface area contributed by atoms with Crippen LogP contribution in [0.25, 0.3) is 0 Å². The molecule has 2 N–H and O–H groups in total. The zero-order valence-electron chi connectivity index (χ0n) is 28.0. The highest BCUT2D eigenvalue weighted by atomic mass is 19.1. The number of nitrogens with one attached hydrogen (secondary N) is 2. The molecule has 1 aliphatic rings. The van der Waals surface area contributed by atoms with Gasteiger partial charge in [-0.1, -0.05) is 88.6 Å². The van der Waals surface area contributed by atoms with E-state index < -0.39 is 24.5 Å². The first-order valence-electron chi connectivity index (χ1n) is 16.4. The Morgan fingerprint density at radius 3 is 2.31 bits per heavy atom. The molecule has 0 aromatic heterocycles. The minimum Gasteiger partial charge on any atom is -0.350 e. The molecular weight excluding hydrogens is 567 g/mol. The maximum Gasteiger partial charge on any atom is 0.268 e. The summed E-state index contributed by atoms with van der Waals surface area (Å²) >= 11 is 0. The summed E-state index contributed by atoms with van der Waals surface area (Å²) in [7, 11) is 3.24. The third-order valence-corrected chi connectivity index (χ3v) is 8.13. The molecule has 8 heteroatoms. The normalized spacial score (nSPS) is 14.6. The van der Waals surface area contributed by atoms with Crippen molar-refractivity contribution in [2.45, 2.75) is 84.5 Å². The molecule has 7 nitrogen and oxygen atoms in total. The molecule has 3 amide bonds. The summed E-state index contributed by atoms with van der Waals surface area (Å²) in [5.74, 6) is 4.22. The molecule has 0 heterocycles. The molecule has 0 bridgehead atoms. The van der Waals surface area contributed by atoms with Gasteiger partial charge in [0.2, 0.25) is 11.8 Å². The standard InChI is InChI=1S/C30H41FN4O3.C7H14/c1-6-9-15-25(13-7-2)22-32-30(38)27(14-8-3)33-29(37)26(20-24-16-11-10-12-17-24)21-28(36)35(5)19-18-34(4)23-31;1-7-5-3-2-4-6-7/h1,3,10-12,14,16-17,25-26H,7,9,13,15,18-23H2,2,4-5H3,(H,32,38)(H,33,37);7H,2-6H2,1H3/b27-14+;/t25?,26-;/m1./s1. The minimum absolute atomic E-state index is 0.0480. The van der Waals surface area contributed by atoms with E-state index >= 15 is 0 Å². The molecule has 2 rings (SSSR count). The van der Waals surface area contributed by atoms with Gasteiger partial charge in [-0.25, -0.2) is 4.39 Å². The van der Waals surface area contributed by atoms with Gasteiger partial charge in [0.25, 0.3) is 5.91 Å². The Labute approximate surface area is 271 Å².